The zero-order chi connectivity index (χ0) is 17.5. The maximum absolute atomic E-state index is 5.59. The smallest absolute Gasteiger partial charge is 0.173 e. The van der Waals surface area contributed by atoms with E-state index in [4.69, 9.17) is 12.2 Å². The lowest BCUT2D eigenvalue weighted by molar-refractivity contribution is 0.442. The van der Waals surface area contributed by atoms with Crippen LogP contribution in [-0.2, 0) is 13.0 Å². The van der Waals surface area contributed by atoms with Crippen LogP contribution in [0, 0.1) is 0 Å². The number of aryl methyl sites for hydroxylation is 1. The van der Waals surface area contributed by atoms with Crippen molar-refractivity contribution in [3.05, 3.63) is 59.7 Å². The molecule has 0 saturated carbocycles. The number of nitrogens with zero attached hydrogens (tertiary/aromatic N) is 2. The first kappa shape index (κ1) is 18.3. The minimum Gasteiger partial charge on any atom is -0.378 e. The number of anilines is 2. The van der Waals surface area contributed by atoms with Crippen LogP contribution in [0.4, 0.5) is 11.4 Å². The predicted molar refractivity (Wildman–Crippen MR) is 109 cm³/mol. The lowest BCUT2D eigenvalue weighted by Crippen LogP contribution is -2.34. The summed E-state index contributed by atoms with van der Waals surface area (Å²) in [4.78, 5) is 4.28. The molecule has 4 heteroatoms. The molecule has 24 heavy (non-hydrogen) atoms. The van der Waals surface area contributed by atoms with E-state index in [1.807, 2.05) is 0 Å². The fourth-order valence-electron chi connectivity index (χ4n) is 2.47. The SMILES string of the molecule is CCc1ccc(NC(=S)N(CC)Cc2ccc(N(C)C)cc2)cc1. The summed E-state index contributed by atoms with van der Waals surface area (Å²) >= 11 is 5.59. The van der Waals surface area contributed by atoms with Crippen molar-refractivity contribution in [2.45, 2.75) is 26.8 Å². The Bertz CT molecular complexity index is 648. The third-order valence-corrected chi connectivity index (χ3v) is 4.47. The predicted octanol–water partition coefficient (Wildman–Crippen LogP) is 4.53. The molecule has 128 valence electrons. The van der Waals surface area contributed by atoms with Crippen LogP contribution in [0.2, 0.25) is 0 Å². The third-order valence-electron chi connectivity index (χ3n) is 4.11. The van der Waals surface area contributed by atoms with E-state index in [2.05, 4.69) is 91.6 Å². The lowest BCUT2D eigenvalue weighted by atomic mass is 10.1. The van der Waals surface area contributed by atoms with Crippen LogP contribution in [0.3, 0.4) is 0 Å². The van der Waals surface area contributed by atoms with Crippen LogP contribution in [0.15, 0.2) is 48.5 Å². The molecule has 2 rings (SSSR count). The molecule has 2 aromatic carbocycles. The summed E-state index contributed by atoms with van der Waals surface area (Å²) < 4.78 is 0. The van der Waals surface area contributed by atoms with Gasteiger partial charge < -0.3 is 15.1 Å². The van der Waals surface area contributed by atoms with Gasteiger partial charge in [0.05, 0.1) is 0 Å². The molecule has 0 aromatic heterocycles. The molecule has 0 unspecified atom stereocenters. The molecule has 0 saturated heterocycles. The summed E-state index contributed by atoms with van der Waals surface area (Å²) in [5.74, 6) is 0. The minimum atomic E-state index is 0.762. The standard InChI is InChI=1S/C20H27N3S/c1-5-16-7-11-18(12-8-16)21-20(24)23(6-2)15-17-9-13-19(14-10-17)22(3)4/h7-14H,5-6,15H2,1-4H3,(H,21,24). The van der Waals surface area contributed by atoms with Gasteiger partial charge in [0.15, 0.2) is 5.11 Å². The van der Waals surface area contributed by atoms with Crippen LogP contribution < -0.4 is 10.2 Å². The molecular weight excluding hydrogens is 314 g/mol. The maximum atomic E-state index is 5.59. The van der Waals surface area contributed by atoms with Crippen LogP contribution >= 0.6 is 12.2 Å². The van der Waals surface area contributed by atoms with Crippen LogP contribution in [0.5, 0.6) is 0 Å². The van der Waals surface area contributed by atoms with Gasteiger partial charge in [0.2, 0.25) is 0 Å². The van der Waals surface area contributed by atoms with Crippen LogP contribution in [0.25, 0.3) is 0 Å². The van der Waals surface area contributed by atoms with Gasteiger partial charge in [0, 0.05) is 38.6 Å². The largest absolute Gasteiger partial charge is 0.378 e. The molecule has 0 atom stereocenters. The van der Waals surface area contributed by atoms with Crippen molar-refractivity contribution < 1.29 is 0 Å². The van der Waals surface area contributed by atoms with Gasteiger partial charge in [0.1, 0.15) is 0 Å². The molecule has 0 aliphatic carbocycles. The first-order chi connectivity index (χ1) is 11.5. The van der Waals surface area contributed by atoms with Crippen molar-refractivity contribution in [2.75, 3.05) is 30.9 Å². The van der Waals surface area contributed by atoms with E-state index in [0.717, 1.165) is 30.3 Å². The van der Waals surface area contributed by atoms with E-state index < -0.39 is 0 Å². The third kappa shape index (κ3) is 4.96. The topological polar surface area (TPSA) is 18.5 Å². The first-order valence-electron chi connectivity index (χ1n) is 8.44. The Balaban J connectivity index is 1.99. The normalized spacial score (nSPS) is 10.3. The van der Waals surface area contributed by atoms with Gasteiger partial charge in [-0.2, -0.15) is 0 Å². The Morgan fingerprint density at radius 1 is 0.917 bits per heavy atom. The second-order valence-corrected chi connectivity index (χ2v) is 6.44. The van der Waals surface area contributed by atoms with E-state index in [9.17, 15) is 0 Å². The van der Waals surface area contributed by atoms with Gasteiger partial charge in [-0.3, -0.25) is 0 Å². The zero-order valence-corrected chi connectivity index (χ0v) is 15.9. The fraction of sp³-hybridized carbons (Fsp3) is 0.350. The summed E-state index contributed by atoms with van der Waals surface area (Å²) in [5.41, 5.74) is 4.84. The fourth-order valence-corrected chi connectivity index (χ4v) is 2.78. The number of nitrogens with one attached hydrogen (secondary N) is 1. The van der Waals surface area contributed by atoms with Crippen molar-refractivity contribution in [1.82, 2.24) is 4.90 Å². The van der Waals surface area contributed by atoms with Gasteiger partial charge in [-0.05, 0) is 61.0 Å². The van der Waals surface area contributed by atoms with E-state index in [1.54, 1.807) is 0 Å². The minimum absolute atomic E-state index is 0.762. The molecule has 0 aliphatic rings. The monoisotopic (exact) mass is 341 g/mol. The van der Waals surface area contributed by atoms with Crippen molar-refractivity contribution in [1.29, 1.82) is 0 Å². The summed E-state index contributed by atoms with van der Waals surface area (Å²) in [6.45, 7) is 5.97. The number of thiocarbonyl (C=S) groups is 1. The Labute approximate surface area is 151 Å². The van der Waals surface area contributed by atoms with E-state index in [1.165, 1.54) is 16.8 Å². The van der Waals surface area contributed by atoms with Gasteiger partial charge in [-0.15, -0.1) is 0 Å². The van der Waals surface area contributed by atoms with Crippen molar-refractivity contribution >= 4 is 28.7 Å². The second-order valence-electron chi connectivity index (χ2n) is 6.06. The molecule has 0 aliphatic heterocycles. The molecule has 0 fully saturated rings. The summed E-state index contributed by atoms with van der Waals surface area (Å²) in [6, 6.07) is 17.1. The van der Waals surface area contributed by atoms with Gasteiger partial charge in [-0.25, -0.2) is 0 Å². The van der Waals surface area contributed by atoms with Gasteiger partial charge in [-0.1, -0.05) is 31.2 Å². The molecule has 0 radical (unpaired) electrons. The summed E-state index contributed by atoms with van der Waals surface area (Å²) in [5, 5.41) is 4.11. The number of benzene rings is 2. The molecule has 2 aromatic rings. The number of hydrogen-bond donors (Lipinski definition) is 1. The molecule has 3 nitrogen and oxygen atoms in total. The molecule has 0 heterocycles. The molecule has 0 amide bonds. The first-order valence-corrected chi connectivity index (χ1v) is 8.85. The van der Waals surface area contributed by atoms with Crippen molar-refractivity contribution in [3.8, 4) is 0 Å². The average molecular weight is 342 g/mol. The lowest BCUT2D eigenvalue weighted by Gasteiger charge is -2.25. The average Bonchev–Trinajstić information content (AvgIpc) is 2.60. The second kappa shape index (κ2) is 8.69. The maximum Gasteiger partial charge on any atom is 0.173 e. The van der Waals surface area contributed by atoms with Gasteiger partial charge in [0.25, 0.3) is 0 Å². The molecule has 0 bridgehead atoms. The van der Waals surface area contributed by atoms with Crippen LogP contribution in [-0.4, -0.2) is 30.7 Å². The quantitative estimate of drug-likeness (QED) is 0.778. The Morgan fingerprint density at radius 2 is 1.50 bits per heavy atom. The molecule has 0 spiro atoms. The highest BCUT2D eigenvalue weighted by atomic mass is 32.1. The zero-order valence-electron chi connectivity index (χ0n) is 15.0. The molecule has 1 N–H and O–H groups in total. The number of rotatable bonds is 6. The summed E-state index contributed by atoms with van der Waals surface area (Å²) in [6.07, 6.45) is 1.05. The summed E-state index contributed by atoms with van der Waals surface area (Å²) in [7, 11) is 4.10. The Kier molecular flexibility index (Phi) is 6.62. The highest BCUT2D eigenvalue weighted by Gasteiger charge is 2.09. The molecular formula is C20H27N3S. The Hall–Kier alpha value is -2.07. The van der Waals surface area contributed by atoms with E-state index >= 15 is 0 Å². The Morgan fingerprint density at radius 3 is 2.00 bits per heavy atom. The highest BCUT2D eigenvalue weighted by molar-refractivity contribution is 7.80. The van der Waals surface area contributed by atoms with E-state index in [0.29, 0.717) is 0 Å². The highest BCUT2D eigenvalue weighted by Crippen LogP contribution is 2.15. The number of hydrogen-bond acceptors (Lipinski definition) is 2. The van der Waals surface area contributed by atoms with Crippen LogP contribution in [0.1, 0.15) is 25.0 Å². The van der Waals surface area contributed by atoms with Crippen molar-refractivity contribution in [3.63, 3.8) is 0 Å². The van der Waals surface area contributed by atoms with Gasteiger partial charge >= 0.3 is 0 Å². The van der Waals surface area contributed by atoms with E-state index in [-0.39, 0.29) is 0 Å². The van der Waals surface area contributed by atoms with Crippen molar-refractivity contribution in [2.24, 2.45) is 0 Å².